The molecule has 6 nitrogen and oxygen atoms in total. The number of halogens is 2. The lowest BCUT2D eigenvalue weighted by atomic mass is 10.2. The van der Waals surface area contributed by atoms with E-state index in [1.807, 2.05) is 37.3 Å². The SMILES string of the molecule is Cc1cc(Nc2ccc3c(c2)OCO3)nc(Nc2cccc(Cl)c2Cl)n1. The Morgan fingerprint density at radius 3 is 2.69 bits per heavy atom. The molecule has 1 aliphatic heterocycles. The molecule has 26 heavy (non-hydrogen) atoms. The van der Waals surface area contributed by atoms with Crippen LogP contribution in [0.3, 0.4) is 0 Å². The predicted octanol–water partition coefficient (Wildman–Crippen LogP) is 5.31. The third kappa shape index (κ3) is 3.47. The number of hydrogen-bond acceptors (Lipinski definition) is 6. The van der Waals surface area contributed by atoms with E-state index in [1.165, 1.54) is 0 Å². The molecule has 0 saturated carbocycles. The fraction of sp³-hybridized carbons (Fsp3) is 0.111. The van der Waals surface area contributed by atoms with Crippen LogP contribution in [-0.4, -0.2) is 16.8 Å². The van der Waals surface area contributed by atoms with Crippen molar-refractivity contribution in [3.05, 3.63) is 58.2 Å². The molecule has 0 spiro atoms. The first-order chi connectivity index (χ1) is 12.6. The minimum atomic E-state index is 0.236. The summed E-state index contributed by atoms with van der Waals surface area (Å²) in [6, 6.07) is 12.8. The molecule has 0 bridgehead atoms. The summed E-state index contributed by atoms with van der Waals surface area (Å²) < 4.78 is 10.7. The fourth-order valence-electron chi connectivity index (χ4n) is 2.53. The lowest BCUT2D eigenvalue weighted by molar-refractivity contribution is 0.174. The Labute approximate surface area is 160 Å². The van der Waals surface area contributed by atoms with E-state index in [-0.39, 0.29) is 6.79 Å². The van der Waals surface area contributed by atoms with Crippen molar-refractivity contribution in [3.63, 3.8) is 0 Å². The van der Waals surface area contributed by atoms with E-state index in [0.717, 1.165) is 17.1 Å². The summed E-state index contributed by atoms with van der Waals surface area (Å²) in [7, 11) is 0. The monoisotopic (exact) mass is 388 g/mol. The average molecular weight is 389 g/mol. The van der Waals surface area contributed by atoms with Crippen LogP contribution in [-0.2, 0) is 0 Å². The topological polar surface area (TPSA) is 68.3 Å². The van der Waals surface area contributed by atoms with Gasteiger partial charge in [-0.15, -0.1) is 0 Å². The second kappa shape index (κ2) is 6.90. The smallest absolute Gasteiger partial charge is 0.231 e. The first-order valence-electron chi connectivity index (χ1n) is 7.82. The highest BCUT2D eigenvalue weighted by molar-refractivity contribution is 6.43. The van der Waals surface area contributed by atoms with Crippen molar-refractivity contribution < 1.29 is 9.47 Å². The second-order valence-electron chi connectivity index (χ2n) is 5.64. The highest BCUT2D eigenvalue weighted by atomic mass is 35.5. The minimum Gasteiger partial charge on any atom is -0.454 e. The maximum atomic E-state index is 6.22. The van der Waals surface area contributed by atoms with Crippen LogP contribution in [0.25, 0.3) is 0 Å². The van der Waals surface area contributed by atoms with Gasteiger partial charge in [-0.2, -0.15) is 4.98 Å². The molecule has 0 amide bonds. The third-order valence-corrected chi connectivity index (χ3v) is 4.52. The van der Waals surface area contributed by atoms with Gasteiger partial charge in [0, 0.05) is 23.5 Å². The Hall–Kier alpha value is -2.70. The molecule has 0 saturated heterocycles. The molecule has 0 atom stereocenters. The molecule has 2 heterocycles. The average Bonchev–Trinajstić information content (AvgIpc) is 3.06. The van der Waals surface area contributed by atoms with Gasteiger partial charge in [0.05, 0.1) is 15.7 Å². The summed E-state index contributed by atoms with van der Waals surface area (Å²) in [6.45, 7) is 2.12. The number of hydrogen-bond donors (Lipinski definition) is 2. The second-order valence-corrected chi connectivity index (χ2v) is 6.42. The van der Waals surface area contributed by atoms with Gasteiger partial charge < -0.3 is 20.1 Å². The van der Waals surface area contributed by atoms with Gasteiger partial charge in [-0.3, -0.25) is 0 Å². The lowest BCUT2D eigenvalue weighted by Gasteiger charge is -2.11. The number of nitrogens with zero attached hydrogens (tertiary/aromatic N) is 2. The van der Waals surface area contributed by atoms with Gasteiger partial charge >= 0.3 is 0 Å². The summed E-state index contributed by atoms with van der Waals surface area (Å²) in [5.74, 6) is 2.48. The molecule has 3 aromatic rings. The molecule has 0 fully saturated rings. The Morgan fingerprint density at radius 2 is 1.81 bits per heavy atom. The fourth-order valence-corrected chi connectivity index (χ4v) is 2.88. The van der Waals surface area contributed by atoms with E-state index in [2.05, 4.69) is 20.6 Å². The summed E-state index contributed by atoms with van der Waals surface area (Å²) >= 11 is 12.3. The van der Waals surface area contributed by atoms with Crippen molar-refractivity contribution in [2.24, 2.45) is 0 Å². The number of nitrogens with one attached hydrogen (secondary N) is 2. The molecular formula is C18H14Cl2N4O2. The molecule has 1 aromatic heterocycles. The van der Waals surface area contributed by atoms with E-state index in [9.17, 15) is 0 Å². The number of fused-ring (bicyclic) bond motifs is 1. The van der Waals surface area contributed by atoms with Crippen molar-refractivity contribution >= 4 is 46.3 Å². The van der Waals surface area contributed by atoms with Gasteiger partial charge in [0.25, 0.3) is 0 Å². The van der Waals surface area contributed by atoms with Crippen molar-refractivity contribution in [1.82, 2.24) is 9.97 Å². The zero-order valence-electron chi connectivity index (χ0n) is 13.7. The van der Waals surface area contributed by atoms with Crippen molar-refractivity contribution in [3.8, 4) is 11.5 Å². The minimum absolute atomic E-state index is 0.236. The zero-order chi connectivity index (χ0) is 18.1. The summed E-state index contributed by atoms with van der Waals surface area (Å²) in [5.41, 5.74) is 2.27. The molecule has 8 heteroatoms. The maximum absolute atomic E-state index is 6.22. The van der Waals surface area contributed by atoms with E-state index in [1.54, 1.807) is 12.1 Å². The van der Waals surface area contributed by atoms with E-state index in [4.69, 9.17) is 32.7 Å². The molecular weight excluding hydrogens is 375 g/mol. The van der Waals surface area contributed by atoms with Crippen LogP contribution in [0.4, 0.5) is 23.1 Å². The van der Waals surface area contributed by atoms with Crippen LogP contribution in [0.15, 0.2) is 42.5 Å². The van der Waals surface area contributed by atoms with Crippen molar-refractivity contribution in [2.45, 2.75) is 6.92 Å². The number of rotatable bonds is 4. The Bertz CT molecular complexity index is 981. The van der Waals surface area contributed by atoms with Gasteiger partial charge in [0.1, 0.15) is 5.82 Å². The van der Waals surface area contributed by atoms with Crippen LogP contribution in [0.1, 0.15) is 5.69 Å². The van der Waals surface area contributed by atoms with Crippen molar-refractivity contribution in [1.29, 1.82) is 0 Å². The zero-order valence-corrected chi connectivity index (χ0v) is 15.2. The number of aryl methyl sites for hydroxylation is 1. The van der Waals surface area contributed by atoms with Crippen molar-refractivity contribution in [2.75, 3.05) is 17.4 Å². The molecule has 0 aliphatic carbocycles. The highest BCUT2D eigenvalue weighted by Gasteiger charge is 2.14. The van der Waals surface area contributed by atoms with E-state index < -0.39 is 0 Å². The number of anilines is 4. The van der Waals surface area contributed by atoms with Crippen LogP contribution < -0.4 is 20.1 Å². The number of ether oxygens (including phenoxy) is 2. The molecule has 0 unspecified atom stereocenters. The van der Waals surface area contributed by atoms with E-state index in [0.29, 0.717) is 33.2 Å². The predicted molar refractivity (Wildman–Crippen MR) is 102 cm³/mol. The largest absolute Gasteiger partial charge is 0.454 e. The van der Waals surface area contributed by atoms with Gasteiger partial charge in [-0.05, 0) is 31.2 Å². The van der Waals surface area contributed by atoms with E-state index >= 15 is 0 Å². The highest BCUT2D eigenvalue weighted by Crippen LogP contribution is 2.35. The van der Waals surface area contributed by atoms with Gasteiger partial charge in [0.2, 0.25) is 12.7 Å². The molecule has 2 aromatic carbocycles. The van der Waals surface area contributed by atoms with Gasteiger partial charge in [-0.1, -0.05) is 29.3 Å². The standard InChI is InChI=1S/C18H14Cl2N4O2/c1-10-7-16(22-11-5-6-14-15(8-11)26-9-25-14)24-18(21-10)23-13-4-2-3-12(19)17(13)20/h2-8H,9H2,1H3,(H2,21,22,23,24). The molecule has 132 valence electrons. The summed E-state index contributed by atoms with van der Waals surface area (Å²) in [4.78, 5) is 8.87. The normalized spacial score (nSPS) is 12.1. The Balaban J connectivity index is 1.59. The van der Waals surface area contributed by atoms with Crippen LogP contribution in [0.5, 0.6) is 11.5 Å². The number of benzene rings is 2. The summed E-state index contributed by atoms with van der Waals surface area (Å²) in [5, 5.41) is 7.22. The molecule has 4 rings (SSSR count). The first kappa shape index (κ1) is 16.8. The van der Waals surface area contributed by atoms with Crippen LogP contribution >= 0.6 is 23.2 Å². The quantitative estimate of drug-likeness (QED) is 0.631. The maximum Gasteiger partial charge on any atom is 0.231 e. The lowest BCUT2D eigenvalue weighted by Crippen LogP contribution is -2.02. The van der Waals surface area contributed by atoms with Gasteiger partial charge in [-0.25, -0.2) is 4.98 Å². The Kier molecular flexibility index (Phi) is 4.44. The molecule has 1 aliphatic rings. The Morgan fingerprint density at radius 1 is 0.962 bits per heavy atom. The first-order valence-corrected chi connectivity index (χ1v) is 8.57. The van der Waals surface area contributed by atoms with Gasteiger partial charge in [0.15, 0.2) is 11.5 Å². The molecule has 2 N–H and O–H groups in total. The summed E-state index contributed by atoms with van der Waals surface area (Å²) in [6.07, 6.45) is 0. The molecule has 0 radical (unpaired) electrons. The van der Waals surface area contributed by atoms with Crippen LogP contribution in [0.2, 0.25) is 10.0 Å². The number of aromatic nitrogens is 2. The third-order valence-electron chi connectivity index (χ3n) is 3.70. The van der Waals surface area contributed by atoms with Crippen LogP contribution in [0, 0.1) is 6.92 Å².